The van der Waals surface area contributed by atoms with E-state index in [2.05, 4.69) is 10.6 Å². The summed E-state index contributed by atoms with van der Waals surface area (Å²) in [7, 11) is 0. The van der Waals surface area contributed by atoms with Crippen LogP contribution in [-0.2, 0) is 11.3 Å². The third-order valence-corrected chi connectivity index (χ3v) is 2.88. The summed E-state index contributed by atoms with van der Waals surface area (Å²) in [4.78, 5) is 11.5. The second-order valence-electron chi connectivity index (χ2n) is 5.22. The highest BCUT2D eigenvalue weighted by molar-refractivity contribution is 5.78. The van der Waals surface area contributed by atoms with Gasteiger partial charge in [0.25, 0.3) is 0 Å². The number of carbonyl (C=O) groups is 1. The highest BCUT2D eigenvalue weighted by atomic mass is 16.5. The molecular weight excluding hydrogens is 240 g/mol. The van der Waals surface area contributed by atoms with Gasteiger partial charge in [-0.05, 0) is 32.8 Å². The van der Waals surface area contributed by atoms with Crippen molar-refractivity contribution in [3.05, 3.63) is 29.8 Å². The molecule has 104 valence electrons. The Kier molecular flexibility index (Phi) is 4.80. The lowest BCUT2D eigenvalue weighted by molar-refractivity contribution is -0.120. The second kappa shape index (κ2) is 6.57. The predicted molar refractivity (Wildman–Crippen MR) is 75.1 cm³/mol. The molecule has 4 heteroatoms. The molecule has 0 heterocycles. The number of hydrogen-bond acceptors (Lipinski definition) is 3. The molecule has 1 amide bonds. The van der Waals surface area contributed by atoms with E-state index in [1.807, 2.05) is 38.1 Å². The van der Waals surface area contributed by atoms with E-state index in [0.717, 1.165) is 24.2 Å². The number of ether oxygens (including phenoxy) is 1. The average molecular weight is 262 g/mol. The van der Waals surface area contributed by atoms with Crippen LogP contribution in [0.3, 0.4) is 0 Å². The molecule has 0 bridgehead atoms. The lowest BCUT2D eigenvalue weighted by atomic mass is 10.2. The summed E-state index contributed by atoms with van der Waals surface area (Å²) in [6.07, 6.45) is 2.40. The molecule has 19 heavy (non-hydrogen) atoms. The van der Waals surface area contributed by atoms with Gasteiger partial charge in [-0.15, -0.1) is 0 Å². The molecule has 2 N–H and O–H groups in total. The van der Waals surface area contributed by atoms with Crippen molar-refractivity contribution in [2.24, 2.45) is 0 Å². The molecule has 0 saturated heterocycles. The zero-order valence-corrected chi connectivity index (χ0v) is 11.6. The standard InChI is InChI=1S/C15H22N2O2/c1-11(2)19-14-6-4-3-5-12(14)9-16-10-15(18)17-13-7-8-13/h3-6,11,13,16H,7-10H2,1-2H3,(H,17,18). The van der Waals surface area contributed by atoms with Gasteiger partial charge in [0.2, 0.25) is 5.91 Å². The number of para-hydroxylation sites is 1. The Hall–Kier alpha value is -1.55. The summed E-state index contributed by atoms with van der Waals surface area (Å²) in [6.45, 7) is 5.01. The Labute approximate surface area is 114 Å². The van der Waals surface area contributed by atoms with Crippen LogP contribution in [-0.4, -0.2) is 24.6 Å². The SMILES string of the molecule is CC(C)Oc1ccccc1CNCC(=O)NC1CC1. The molecule has 2 rings (SSSR count). The molecule has 0 aromatic heterocycles. The minimum Gasteiger partial charge on any atom is -0.491 e. The van der Waals surface area contributed by atoms with Crippen molar-refractivity contribution < 1.29 is 9.53 Å². The van der Waals surface area contributed by atoms with Gasteiger partial charge in [0.1, 0.15) is 5.75 Å². The van der Waals surface area contributed by atoms with E-state index in [0.29, 0.717) is 19.1 Å². The fourth-order valence-electron chi connectivity index (χ4n) is 1.84. The Morgan fingerprint density at radius 2 is 2.11 bits per heavy atom. The highest BCUT2D eigenvalue weighted by Crippen LogP contribution is 2.19. The average Bonchev–Trinajstić information content (AvgIpc) is 3.14. The van der Waals surface area contributed by atoms with E-state index < -0.39 is 0 Å². The molecule has 0 unspecified atom stereocenters. The lowest BCUT2D eigenvalue weighted by Crippen LogP contribution is -2.34. The zero-order chi connectivity index (χ0) is 13.7. The molecule has 0 radical (unpaired) electrons. The van der Waals surface area contributed by atoms with Gasteiger partial charge in [-0.25, -0.2) is 0 Å². The van der Waals surface area contributed by atoms with Crippen LogP contribution in [0, 0.1) is 0 Å². The fourth-order valence-corrected chi connectivity index (χ4v) is 1.84. The molecule has 1 aromatic carbocycles. The van der Waals surface area contributed by atoms with Crippen LogP contribution in [0.4, 0.5) is 0 Å². The van der Waals surface area contributed by atoms with Gasteiger partial charge in [-0.2, -0.15) is 0 Å². The normalized spacial score (nSPS) is 14.5. The number of hydrogen-bond donors (Lipinski definition) is 2. The molecule has 0 aliphatic heterocycles. The summed E-state index contributed by atoms with van der Waals surface area (Å²) in [5.74, 6) is 0.956. The molecule has 0 spiro atoms. The van der Waals surface area contributed by atoms with Gasteiger partial charge in [0.05, 0.1) is 12.6 Å². The summed E-state index contributed by atoms with van der Waals surface area (Å²) < 4.78 is 5.74. The Balaban J connectivity index is 1.79. The molecule has 1 aromatic rings. The van der Waals surface area contributed by atoms with Gasteiger partial charge in [-0.3, -0.25) is 4.79 Å². The number of carbonyl (C=O) groups excluding carboxylic acids is 1. The number of benzene rings is 1. The summed E-state index contributed by atoms with van der Waals surface area (Å²) in [6, 6.07) is 8.34. The van der Waals surface area contributed by atoms with Crippen molar-refractivity contribution in [2.75, 3.05) is 6.54 Å². The van der Waals surface area contributed by atoms with Crippen LogP contribution in [0.25, 0.3) is 0 Å². The molecule has 1 fully saturated rings. The first-order chi connectivity index (χ1) is 9.15. The monoisotopic (exact) mass is 262 g/mol. The van der Waals surface area contributed by atoms with Gasteiger partial charge in [0.15, 0.2) is 0 Å². The quantitative estimate of drug-likeness (QED) is 0.788. The Morgan fingerprint density at radius 1 is 1.37 bits per heavy atom. The minimum absolute atomic E-state index is 0.0739. The second-order valence-corrected chi connectivity index (χ2v) is 5.22. The van der Waals surface area contributed by atoms with Crippen LogP contribution in [0.15, 0.2) is 24.3 Å². The topological polar surface area (TPSA) is 50.4 Å². The van der Waals surface area contributed by atoms with Gasteiger partial charge >= 0.3 is 0 Å². The summed E-state index contributed by atoms with van der Waals surface area (Å²) in [5, 5.41) is 6.11. The van der Waals surface area contributed by atoms with Crippen molar-refractivity contribution in [3.63, 3.8) is 0 Å². The highest BCUT2D eigenvalue weighted by Gasteiger charge is 2.22. The third-order valence-electron chi connectivity index (χ3n) is 2.88. The van der Waals surface area contributed by atoms with E-state index in [1.165, 1.54) is 0 Å². The van der Waals surface area contributed by atoms with Crippen LogP contribution < -0.4 is 15.4 Å². The van der Waals surface area contributed by atoms with Crippen LogP contribution in [0.5, 0.6) is 5.75 Å². The first kappa shape index (κ1) is 13.9. The molecule has 1 aliphatic rings. The Morgan fingerprint density at radius 3 is 2.79 bits per heavy atom. The van der Waals surface area contributed by atoms with Gasteiger partial charge < -0.3 is 15.4 Å². The van der Waals surface area contributed by atoms with E-state index in [-0.39, 0.29) is 12.0 Å². The number of nitrogens with one attached hydrogen (secondary N) is 2. The molecule has 4 nitrogen and oxygen atoms in total. The molecule has 1 saturated carbocycles. The summed E-state index contributed by atoms with van der Waals surface area (Å²) >= 11 is 0. The van der Waals surface area contributed by atoms with Crippen molar-refractivity contribution in [2.45, 2.75) is 45.4 Å². The third kappa shape index (κ3) is 4.91. The van der Waals surface area contributed by atoms with Gasteiger partial charge in [-0.1, -0.05) is 18.2 Å². The maximum atomic E-state index is 11.5. The van der Waals surface area contributed by atoms with E-state index in [4.69, 9.17) is 4.74 Å². The molecule has 0 atom stereocenters. The van der Waals surface area contributed by atoms with E-state index in [1.54, 1.807) is 0 Å². The van der Waals surface area contributed by atoms with E-state index in [9.17, 15) is 4.79 Å². The first-order valence-corrected chi connectivity index (χ1v) is 6.90. The fraction of sp³-hybridized carbons (Fsp3) is 0.533. The summed E-state index contributed by atoms with van der Waals surface area (Å²) in [5.41, 5.74) is 1.08. The molecular formula is C15H22N2O2. The van der Waals surface area contributed by atoms with Crippen LogP contribution >= 0.6 is 0 Å². The zero-order valence-electron chi connectivity index (χ0n) is 11.6. The van der Waals surface area contributed by atoms with Crippen LogP contribution in [0.2, 0.25) is 0 Å². The predicted octanol–water partition coefficient (Wildman–Crippen LogP) is 1.84. The van der Waals surface area contributed by atoms with Crippen molar-refractivity contribution in [1.82, 2.24) is 10.6 Å². The smallest absolute Gasteiger partial charge is 0.234 e. The maximum Gasteiger partial charge on any atom is 0.234 e. The Bertz CT molecular complexity index is 428. The number of rotatable bonds is 7. The van der Waals surface area contributed by atoms with Crippen molar-refractivity contribution in [3.8, 4) is 5.75 Å². The first-order valence-electron chi connectivity index (χ1n) is 6.90. The molecule has 1 aliphatic carbocycles. The minimum atomic E-state index is 0.0739. The van der Waals surface area contributed by atoms with Crippen molar-refractivity contribution >= 4 is 5.91 Å². The number of amides is 1. The largest absolute Gasteiger partial charge is 0.491 e. The lowest BCUT2D eigenvalue weighted by Gasteiger charge is -2.14. The van der Waals surface area contributed by atoms with Crippen molar-refractivity contribution in [1.29, 1.82) is 0 Å². The maximum absolute atomic E-state index is 11.5. The van der Waals surface area contributed by atoms with Gasteiger partial charge in [0, 0.05) is 18.2 Å². The van der Waals surface area contributed by atoms with Crippen LogP contribution in [0.1, 0.15) is 32.3 Å². The van der Waals surface area contributed by atoms with E-state index >= 15 is 0 Å².